The molecule has 1 heterocycles. The van der Waals surface area contributed by atoms with Gasteiger partial charge in [-0.2, -0.15) is 4.31 Å². The van der Waals surface area contributed by atoms with Gasteiger partial charge in [0, 0.05) is 24.3 Å². The number of anilines is 1. The maximum atomic E-state index is 14.2. The number of amides is 1. The van der Waals surface area contributed by atoms with E-state index in [1.807, 2.05) is 0 Å². The van der Waals surface area contributed by atoms with Crippen molar-refractivity contribution >= 4 is 33.2 Å². The first kappa shape index (κ1) is 19.7. The largest absolute Gasteiger partial charge is 0.322 e. The molecule has 1 amide bonds. The summed E-state index contributed by atoms with van der Waals surface area (Å²) in [6.45, 7) is 0.651. The molecule has 2 aromatic carbocycles. The third-order valence-corrected chi connectivity index (χ3v) is 6.51. The number of nitrogens with zero attached hydrogens (tertiary/aromatic N) is 1. The molecule has 1 N–H and O–H groups in total. The van der Waals surface area contributed by atoms with Gasteiger partial charge in [-0.15, -0.1) is 0 Å². The van der Waals surface area contributed by atoms with Gasteiger partial charge in [0.25, 0.3) is 5.91 Å². The highest BCUT2D eigenvalue weighted by molar-refractivity contribution is 7.89. The molecule has 0 spiro atoms. The molecule has 2 aromatic rings. The minimum atomic E-state index is -4.03. The Hall–Kier alpha value is -2.03. The van der Waals surface area contributed by atoms with Crippen LogP contribution in [0.25, 0.3) is 0 Å². The van der Waals surface area contributed by atoms with Crippen molar-refractivity contribution in [1.29, 1.82) is 0 Å². The lowest BCUT2D eigenvalue weighted by Crippen LogP contribution is -2.36. The third-order valence-electron chi connectivity index (χ3n) is 4.30. The predicted molar refractivity (Wildman–Crippen MR) is 98.4 cm³/mol. The maximum Gasteiger partial charge on any atom is 0.255 e. The van der Waals surface area contributed by atoms with Crippen molar-refractivity contribution in [3.05, 3.63) is 58.6 Å². The van der Waals surface area contributed by atoms with E-state index >= 15 is 0 Å². The van der Waals surface area contributed by atoms with Gasteiger partial charge in [0.05, 0.1) is 5.02 Å². The number of piperidine rings is 1. The molecule has 5 nitrogen and oxygen atoms in total. The summed E-state index contributed by atoms with van der Waals surface area (Å²) in [5.74, 6) is -2.21. The van der Waals surface area contributed by atoms with Gasteiger partial charge in [-0.25, -0.2) is 17.2 Å². The van der Waals surface area contributed by atoms with Crippen LogP contribution in [-0.2, 0) is 10.0 Å². The van der Waals surface area contributed by atoms with Crippen molar-refractivity contribution in [1.82, 2.24) is 4.31 Å². The molecule has 0 radical (unpaired) electrons. The fourth-order valence-electron chi connectivity index (χ4n) is 2.86. The van der Waals surface area contributed by atoms with Crippen LogP contribution in [0, 0.1) is 11.6 Å². The van der Waals surface area contributed by atoms with E-state index in [1.54, 1.807) is 0 Å². The fraction of sp³-hybridized carbons (Fsp3) is 0.278. The summed E-state index contributed by atoms with van der Waals surface area (Å²) in [5, 5.41) is 2.32. The van der Waals surface area contributed by atoms with Crippen molar-refractivity contribution < 1.29 is 22.0 Å². The lowest BCUT2D eigenvalue weighted by atomic mass is 10.2. The maximum absolute atomic E-state index is 14.2. The molecule has 3 rings (SSSR count). The van der Waals surface area contributed by atoms with E-state index in [-0.39, 0.29) is 16.3 Å². The number of halogens is 3. The van der Waals surface area contributed by atoms with Crippen LogP contribution < -0.4 is 5.32 Å². The number of carbonyl (C=O) groups is 1. The minimum Gasteiger partial charge on any atom is -0.322 e. The number of carbonyl (C=O) groups excluding carboxylic acids is 1. The molecule has 1 aliphatic heterocycles. The summed E-state index contributed by atoms with van der Waals surface area (Å²) >= 11 is 5.67. The second-order valence-electron chi connectivity index (χ2n) is 6.19. The molecule has 144 valence electrons. The Morgan fingerprint density at radius 3 is 2.33 bits per heavy atom. The van der Waals surface area contributed by atoms with Gasteiger partial charge in [-0.05, 0) is 49.2 Å². The first-order valence-electron chi connectivity index (χ1n) is 8.35. The molecule has 1 saturated heterocycles. The summed E-state index contributed by atoms with van der Waals surface area (Å²) in [5.41, 5.74) is 0.198. The van der Waals surface area contributed by atoms with Crippen molar-refractivity contribution in [3.63, 3.8) is 0 Å². The summed E-state index contributed by atoms with van der Waals surface area (Å²) in [7, 11) is -4.03. The molecular weight excluding hydrogens is 398 g/mol. The molecule has 0 bridgehead atoms. The van der Waals surface area contributed by atoms with E-state index in [0.29, 0.717) is 25.9 Å². The van der Waals surface area contributed by atoms with Crippen molar-refractivity contribution in [2.45, 2.75) is 24.2 Å². The standard InChI is InChI=1S/C18H17ClF2N2O3S/c19-14-11-13(5-7-15(14)20)22-18(24)12-4-6-16(21)17(10-12)27(25,26)23-8-2-1-3-9-23/h4-7,10-11H,1-3,8-9H2,(H,22,24). The number of sulfonamides is 1. The summed E-state index contributed by atoms with van der Waals surface area (Å²) in [6, 6.07) is 6.78. The normalized spacial score (nSPS) is 15.5. The van der Waals surface area contributed by atoms with Gasteiger partial charge >= 0.3 is 0 Å². The average Bonchev–Trinajstić information content (AvgIpc) is 2.65. The smallest absolute Gasteiger partial charge is 0.255 e. The molecule has 27 heavy (non-hydrogen) atoms. The van der Waals surface area contributed by atoms with Gasteiger partial charge in [-0.3, -0.25) is 4.79 Å². The SMILES string of the molecule is O=C(Nc1ccc(F)c(Cl)c1)c1ccc(F)c(S(=O)(=O)N2CCCCC2)c1. The van der Waals surface area contributed by atoms with Crippen LogP contribution in [0.2, 0.25) is 5.02 Å². The highest BCUT2D eigenvalue weighted by atomic mass is 35.5. The molecule has 1 aliphatic rings. The minimum absolute atomic E-state index is 0.0348. The van der Waals surface area contributed by atoms with E-state index in [4.69, 9.17) is 11.6 Å². The first-order chi connectivity index (χ1) is 12.8. The number of rotatable bonds is 4. The molecule has 0 unspecified atom stereocenters. The summed E-state index contributed by atoms with van der Waals surface area (Å²) in [6.07, 6.45) is 2.36. The van der Waals surface area contributed by atoms with Crippen molar-refractivity contribution in [2.24, 2.45) is 0 Å². The van der Waals surface area contributed by atoms with Crippen LogP contribution in [-0.4, -0.2) is 31.7 Å². The van der Waals surface area contributed by atoms with E-state index in [9.17, 15) is 22.0 Å². The van der Waals surface area contributed by atoms with Crippen LogP contribution in [0.15, 0.2) is 41.3 Å². The van der Waals surface area contributed by atoms with E-state index in [0.717, 1.165) is 24.6 Å². The molecule has 0 aromatic heterocycles. The van der Waals surface area contributed by atoms with Gasteiger partial charge in [-0.1, -0.05) is 18.0 Å². The molecule has 1 fully saturated rings. The van der Waals surface area contributed by atoms with E-state index in [2.05, 4.69) is 5.32 Å². The Morgan fingerprint density at radius 2 is 1.67 bits per heavy atom. The number of hydrogen-bond donors (Lipinski definition) is 1. The second-order valence-corrected chi connectivity index (χ2v) is 8.51. The summed E-state index contributed by atoms with van der Waals surface area (Å²) < 4.78 is 54.1. The first-order valence-corrected chi connectivity index (χ1v) is 10.2. The number of nitrogens with one attached hydrogen (secondary N) is 1. The second kappa shape index (κ2) is 7.92. The average molecular weight is 415 g/mol. The van der Waals surface area contributed by atoms with Gasteiger partial charge in [0.15, 0.2) is 0 Å². The molecular formula is C18H17ClF2N2O3S. The summed E-state index contributed by atoms with van der Waals surface area (Å²) in [4.78, 5) is 11.9. The predicted octanol–water partition coefficient (Wildman–Crippen LogP) is 4.05. The molecule has 9 heteroatoms. The van der Waals surface area contributed by atoms with Gasteiger partial charge < -0.3 is 5.32 Å². The molecule has 0 aliphatic carbocycles. The topological polar surface area (TPSA) is 66.5 Å². The monoisotopic (exact) mass is 414 g/mol. The van der Waals surface area contributed by atoms with Crippen LogP contribution >= 0.6 is 11.6 Å². The quantitative estimate of drug-likeness (QED) is 0.820. The lowest BCUT2D eigenvalue weighted by Gasteiger charge is -2.26. The van der Waals surface area contributed by atoms with Crippen LogP contribution in [0.3, 0.4) is 0 Å². The zero-order chi connectivity index (χ0) is 19.6. The Morgan fingerprint density at radius 1 is 1.00 bits per heavy atom. The molecule has 0 atom stereocenters. The van der Waals surface area contributed by atoms with Gasteiger partial charge in [0.2, 0.25) is 10.0 Å². The zero-order valence-corrected chi connectivity index (χ0v) is 15.8. The number of hydrogen-bond acceptors (Lipinski definition) is 3. The van der Waals surface area contributed by atoms with Gasteiger partial charge in [0.1, 0.15) is 16.5 Å². The Bertz CT molecular complexity index is 977. The molecule has 0 saturated carbocycles. The Kier molecular flexibility index (Phi) is 5.78. The van der Waals surface area contributed by atoms with E-state index in [1.165, 1.54) is 22.5 Å². The highest BCUT2D eigenvalue weighted by Crippen LogP contribution is 2.25. The fourth-order valence-corrected chi connectivity index (χ4v) is 4.65. The zero-order valence-electron chi connectivity index (χ0n) is 14.2. The van der Waals surface area contributed by atoms with Crippen LogP contribution in [0.5, 0.6) is 0 Å². The lowest BCUT2D eigenvalue weighted by molar-refractivity contribution is 0.102. The number of benzene rings is 2. The van der Waals surface area contributed by atoms with Crippen molar-refractivity contribution in [2.75, 3.05) is 18.4 Å². The third kappa shape index (κ3) is 4.28. The van der Waals surface area contributed by atoms with E-state index < -0.39 is 32.5 Å². The van der Waals surface area contributed by atoms with Crippen molar-refractivity contribution in [3.8, 4) is 0 Å². The Labute approximate surface area is 161 Å². The Balaban J connectivity index is 1.88. The van der Waals surface area contributed by atoms with Crippen LogP contribution in [0.1, 0.15) is 29.6 Å². The van der Waals surface area contributed by atoms with Crippen LogP contribution in [0.4, 0.5) is 14.5 Å². The highest BCUT2D eigenvalue weighted by Gasteiger charge is 2.29.